The van der Waals surface area contributed by atoms with Gasteiger partial charge in [-0.05, 0) is 17.7 Å². The zero-order valence-corrected chi connectivity index (χ0v) is 9.76. The molecule has 2 rings (SSSR count). The van der Waals surface area contributed by atoms with Crippen LogP contribution < -0.4 is 5.32 Å². The molecule has 4 nitrogen and oxygen atoms in total. The van der Waals surface area contributed by atoms with Crippen LogP contribution in [0.25, 0.3) is 0 Å². The summed E-state index contributed by atoms with van der Waals surface area (Å²) in [5.74, 6) is 0.375. The summed E-state index contributed by atoms with van der Waals surface area (Å²) in [5, 5.41) is 11.6. The Labute approximate surface area is 102 Å². The highest BCUT2D eigenvalue weighted by molar-refractivity contribution is 8.15. The van der Waals surface area contributed by atoms with Gasteiger partial charge in [0, 0.05) is 5.02 Å². The first-order valence-corrected chi connectivity index (χ1v) is 5.89. The molecule has 0 unspecified atom stereocenters. The van der Waals surface area contributed by atoms with Gasteiger partial charge in [0.1, 0.15) is 0 Å². The van der Waals surface area contributed by atoms with E-state index in [1.165, 1.54) is 11.8 Å². The molecule has 82 valence electrons. The first-order valence-electron chi connectivity index (χ1n) is 4.53. The number of amides is 1. The fraction of sp³-hybridized carbons (Fsp3) is 0.100. The molecule has 1 aliphatic rings. The average molecular weight is 254 g/mol. The van der Waals surface area contributed by atoms with Gasteiger partial charge in [0.05, 0.1) is 12.0 Å². The topological polar surface area (TPSA) is 53.8 Å². The highest BCUT2D eigenvalue weighted by atomic mass is 35.5. The van der Waals surface area contributed by atoms with Gasteiger partial charge in [0.2, 0.25) is 5.91 Å². The Kier molecular flexibility index (Phi) is 3.58. The van der Waals surface area contributed by atoms with Crippen molar-refractivity contribution in [3.05, 3.63) is 34.9 Å². The summed E-state index contributed by atoms with van der Waals surface area (Å²) in [6, 6.07) is 7.24. The summed E-state index contributed by atoms with van der Waals surface area (Å²) >= 11 is 7.09. The van der Waals surface area contributed by atoms with Gasteiger partial charge in [-0.3, -0.25) is 4.79 Å². The minimum atomic E-state index is -0.0366. The van der Waals surface area contributed by atoms with E-state index in [0.717, 1.165) is 5.56 Å². The Hall–Kier alpha value is -1.33. The second-order valence-corrected chi connectivity index (χ2v) is 4.44. The van der Waals surface area contributed by atoms with Crippen molar-refractivity contribution in [3.63, 3.8) is 0 Å². The maximum atomic E-state index is 10.8. The third-order valence-electron chi connectivity index (χ3n) is 1.81. The van der Waals surface area contributed by atoms with E-state index in [9.17, 15) is 4.79 Å². The number of carbonyl (C=O) groups excluding carboxylic acids is 1. The van der Waals surface area contributed by atoms with E-state index in [2.05, 4.69) is 15.5 Å². The molecular formula is C10H8ClN3OS. The quantitative estimate of drug-likeness (QED) is 0.646. The normalized spacial score (nSPS) is 18.3. The van der Waals surface area contributed by atoms with E-state index < -0.39 is 0 Å². The van der Waals surface area contributed by atoms with Gasteiger partial charge in [-0.2, -0.15) is 5.10 Å². The lowest BCUT2D eigenvalue weighted by atomic mass is 10.2. The Morgan fingerprint density at radius 1 is 1.38 bits per heavy atom. The molecule has 1 N–H and O–H groups in total. The molecule has 16 heavy (non-hydrogen) atoms. The molecule has 1 aromatic rings. The highest BCUT2D eigenvalue weighted by Crippen LogP contribution is 2.09. The molecule has 0 saturated carbocycles. The van der Waals surface area contributed by atoms with Crippen LogP contribution in [0, 0.1) is 0 Å². The van der Waals surface area contributed by atoms with E-state index in [4.69, 9.17) is 11.6 Å². The number of hydrogen-bond acceptors (Lipinski definition) is 4. The summed E-state index contributed by atoms with van der Waals surface area (Å²) in [4.78, 5) is 10.8. The number of thioether (sulfide) groups is 1. The van der Waals surface area contributed by atoms with Crippen molar-refractivity contribution >= 4 is 40.7 Å². The van der Waals surface area contributed by atoms with Crippen LogP contribution in [0.1, 0.15) is 5.56 Å². The number of benzene rings is 1. The van der Waals surface area contributed by atoms with Gasteiger partial charge in [0.25, 0.3) is 0 Å². The van der Waals surface area contributed by atoms with Crippen LogP contribution >= 0.6 is 23.4 Å². The molecule has 0 spiro atoms. The lowest BCUT2D eigenvalue weighted by molar-refractivity contribution is -0.116. The molecular weight excluding hydrogens is 246 g/mol. The third kappa shape index (κ3) is 3.08. The van der Waals surface area contributed by atoms with Crippen molar-refractivity contribution in [2.75, 3.05) is 5.75 Å². The summed E-state index contributed by atoms with van der Waals surface area (Å²) in [6.45, 7) is 0. The largest absolute Gasteiger partial charge is 0.303 e. The van der Waals surface area contributed by atoms with Crippen molar-refractivity contribution in [1.82, 2.24) is 5.32 Å². The minimum Gasteiger partial charge on any atom is -0.303 e. The van der Waals surface area contributed by atoms with Crippen LogP contribution in [0.2, 0.25) is 5.02 Å². The monoisotopic (exact) mass is 253 g/mol. The highest BCUT2D eigenvalue weighted by Gasteiger charge is 2.15. The summed E-state index contributed by atoms with van der Waals surface area (Å²) in [7, 11) is 0. The predicted octanol–water partition coefficient (Wildman–Crippen LogP) is 1.89. The molecule has 6 heteroatoms. The lowest BCUT2D eigenvalue weighted by Gasteiger charge is -1.92. The molecule has 0 bridgehead atoms. The molecule has 1 aliphatic heterocycles. The molecule has 1 fully saturated rings. The van der Waals surface area contributed by atoms with Crippen molar-refractivity contribution < 1.29 is 4.79 Å². The zero-order valence-electron chi connectivity index (χ0n) is 8.18. The first-order chi connectivity index (χ1) is 7.74. The Morgan fingerprint density at radius 2 is 2.12 bits per heavy atom. The minimum absolute atomic E-state index is 0.0366. The molecule has 1 saturated heterocycles. The maximum absolute atomic E-state index is 10.8. The Bertz CT molecular complexity index is 456. The third-order valence-corrected chi connectivity index (χ3v) is 2.93. The van der Waals surface area contributed by atoms with Crippen LogP contribution in [0.15, 0.2) is 34.5 Å². The van der Waals surface area contributed by atoms with Crippen LogP contribution in [0.4, 0.5) is 0 Å². The fourth-order valence-corrected chi connectivity index (χ4v) is 1.83. The van der Waals surface area contributed by atoms with E-state index >= 15 is 0 Å². The number of hydrogen-bond donors (Lipinski definition) is 1. The molecule has 1 aromatic carbocycles. The van der Waals surface area contributed by atoms with Crippen molar-refractivity contribution in [3.8, 4) is 0 Å². The molecule has 1 heterocycles. The lowest BCUT2D eigenvalue weighted by Crippen LogP contribution is -2.19. The average Bonchev–Trinajstić information content (AvgIpc) is 2.67. The number of nitrogens with one attached hydrogen (secondary N) is 1. The first kappa shape index (κ1) is 11.2. The fourth-order valence-electron chi connectivity index (χ4n) is 1.08. The molecule has 0 radical (unpaired) electrons. The number of rotatable bonds is 2. The Balaban J connectivity index is 1.99. The number of halogens is 1. The van der Waals surface area contributed by atoms with Gasteiger partial charge in [-0.25, -0.2) is 0 Å². The number of nitrogens with zero attached hydrogens (tertiary/aromatic N) is 2. The van der Waals surface area contributed by atoms with Gasteiger partial charge in [0.15, 0.2) is 5.17 Å². The summed E-state index contributed by atoms with van der Waals surface area (Å²) < 4.78 is 0. The maximum Gasteiger partial charge on any atom is 0.236 e. The molecule has 0 aliphatic carbocycles. The number of carbonyl (C=O) groups is 1. The van der Waals surface area contributed by atoms with Crippen molar-refractivity contribution in [1.29, 1.82) is 0 Å². The van der Waals surface area contributed by atoms with Gasteiger partial charge in [-0.15, -0.1) is 5.10 Å². The second-order valence-electron chi connectivity index (χ2n) is 3.04. The van der Waals surface area contributed by atoms with Crippen LogP contribution in [-0.4, -0.2) is 23.0 Å². The van der Waals surface area contributed by atoms with E-state index in [1.807, 2.05) is 12.1 Å². The van der Waals surface area contributed by atoms with Gasteiger partial charge in [-0.1, -0.05) is 35.5 Å². The Morgan fingerprint density at radius 3 is 2.75 bits per heavy atom. The van der Waals surface area contributed by atoms with E-state index in [1.54, 1.807) is 18.3 Å². The van der Waals surface area contributed by atoms with Crippen molar-refractivity contribution in [2.45, 2.75) is 0 Å². The van der Waals surface area contributed by atoms with E-state index in [-0.39, 0.29) is 5.91 Å². The van der Waals surface area contributed by atoms with Crippen LogP contribution in [0.5, 0.6) is 0 Å². The predicted molar refractivity (Wildman–Crippen MR) is 67.1 cm³/mol. The van der Waals surface area contributed by atoms with Crippen LogP contribution in [-0.2, 0) is 4.79 Å². The summed E-state index contributed by atoms with van der Waals surface area (Å²) in [6.07, 6.45) is 1.61. The standard InChI is InChI=1S/C10H8ClN3OS/c11-8-3-1-7(2-4-8)5-12-14-10-13-9(15)6-16-10/h1-5H,6H2,(H,13,14,15)/b12-5-. The second kappa shape index (κ2) is 5.14. The molecule has 0 aromatic heterocycles. The van der Waals surface area contributed by atoms with Gasteiger partial charge < -0.3 is 5.32 Å². The van der Waals surface area contributed by atoms with Gasteiger partial charge >= 0.3 is 0 Å². The van der Waals surface area contributed by atoms with Crippen LogP contribution in [0.3, 0.4) is 0 Å². The van der Waals surface area contributed by atoms with E-state index in [0.29, 0.717) is 15.9 Å². The zero-order chi connectivity index (χ0) is 11.4. The SMILES string of the molecule is O=C1CS/C(=N\N=C/c2ccc(Cl)cc2)N1. The number of amidine groups is 1. The van der Waals surface area contributed by atoms with Crippen molar-refractivity contribution in [2.24, 2.45) is 10.2 Å². The molecule has 1 amide bonds. The smallest absolute Gasteiger partial charge is 0.236 e. The molecule has 0 atom stereocenters. The summed E-state index contributed by atoms with van der Waals surface area (Å²) in [5.41, 5.74) is 0.906.